The van der Waals surface area contributed by atoms with Gasteiger partial charge in [-0.05, 0) is 73.0 Å². The van der Waals surface area contributed by atoms with Crippen LogP contribution in [0.3, 0.4) is 0 Å². The molecular formula is C30H23F4N7O. The van der Waals surface area contributed by atoms with Crippen molar-refractivity contribution in [3.05, 3.63) is 100 Å². The van der Waals surface area contributed by atoms with E-state index in [2.05, 4.69) is 25.6 Å². The van der Waals surface area contributed by atoms with E-state index >= 15 is 0 Å². The normalized spacial score (nSPS) is 14.1. The van der Waals surface area contributed by atoms with Crippen LogP contribution in [0.15, 0.2) is 65.9 Å². The molecule has 0 radical (unpaired) electrons. The molecule has 8 nitrogen and oxygen atoms in total. The molecule has 42 heavy (non-hydrogen) atoms. The van der Waals surface area contributed by atoms with Gasteiger partial charge in [-0.15, -0.1) is 0 Å². The smallest absolute Gasteiger partial charge is 0.324 e. The fraction of sp³-hybridized carbons (Fsp3) is 0.167. The summed E-state index contributed by atoms with van der Waals surface area (Å²) in [5.74, 6) is 0.557. The number of alkyl halides is 3. The van der Waals surface area contributed by atoms with Crippen LogP contribution in [0, 0.1) is 19.7 Å². The van der Waals surface area contributed by atoms with Crippen LogP contribution < -0.4 is 15.5 Å². The van der Waals surface area contributed by atoms with E-state index in [1.807, 2.05) is 24.0 Å². The van der Waals surface area contributed by atoms with E-state index in [1.165, 1.54) is 6.07 Å². The molecule has 0 atom stereocenters. The molecule has 0 unspecified atom stereocenters. The van der Waals surface area contributed by atoms with Crippen molar-refractivity contribution < 1.29 is 22.4 Å². The second kappa shape index (κ2) is 10.4. The van der Waals surface area contributed by atoms with Crippen molar-refractivity contribution in [1.29, 1.82) is 0 Å². The number of nitrogens with zero attached hydrogens (tertiary/aromatic N) is 5. The average molecular weight is 574 g/mol. The number of aryl methyl sites for hydroxylation is 2. The number of rotatable bonds is 5. The monoisotopic (exact) mass is 573 g/mol. The highest BCUT2D eigenvalue weighted by Crippen LogP contribution is 2.37. The number of aromatic nitrogens is 3. The fourth-order valence-electron chi connectivity index (χ4n) is 4.78. The van der Waals surface area contributed by atoms with Gasteiger partial charge in [-0.1, -0.05) is 12.1 Å². The molecule has 2 aliphatic rings. The van der Waals surface area contributed by atoms with Gasteiger partial charge < -0.3 is 15.5 Å². The summed E-state index contributed by atoms with van der Waals surface area (Å²) in [7, 11) is 0. The van der Waals surface area contributed by atoms with E-state index in [4.69, 9.17) is 4.99 Å². The lowest BCUT2D eigenvalue weighted by Gasteiger charge is -2.28. The Balaban J connectivity index is 1.30. The van der Waals surface area contributed by atoms with Gasteiger partial charge in [0.2, 0.25) is 5.95 Å². The predicted molar refractivity (Wildman–Crippen MR) is 152 cm³/mol. The standard InChI is InChI=1S/C30H23F4N7O/c1-16-3-5-20(38-28(42)25-12-19(7-8-35-25)30(32,33)34)13-22(16)23-11-18-15-37-29(39-21-6-4-17(2)24(31)14-21)40-26(18)41-10-9-36-27(23)41/h3-8,11-15H,9-10H2,1-2H3,(H,38,42)(H,37,39,40). The maximum Gasteiger partial charge on any atom is 0.416 e. The molecule has 4 aromatic rings. The fourth-order valence-corrected chi connectivity index (χ4v) is 4.78. The first-order valence-electron chi connectivity index (χ1n) is 13.0. The van der Waals surface area contributed by atoms with Crippen LogP contribution in [0.2, 0.25) is 0 Å². The Labute approximate surface area is 237 Å². The second-order valence-electron chi connectivity index (χ2n) is 9.89. The first kappa shape index (κ1) is 27.1. The SMILES string of the molecule is Cc1ccc(Nc2ncc3c(n2)N2CCN=C2C(c2cc(NC(=O)c4cc(C(F)(F)F)ccn4)ccc2C)=C3)cc1F. The molecule has 6 rings (SSSR count). The maximum atomic E-state index is 14.0. The Morgan fingerprint density at radius 2 is 1.76 bits per heavy atom. The molecule has 0 fully saturated rings. The Morgan fingerprint density at radius 1 is 0.976 bits per heavy atom. The van der Waals surface area contributed by atoms with Gasteiger partial charge in [0.05, 0.1) is 12.1 Å². The summed E-state index contributed by atoms with van der Waals surface area (Å²) in [6.45, 7) is 4.73. The van der Waals surface area contributed by atoms with E-state index in [0.29, 0.717) is 53.7 Å². The van der Waals surface area contributed by atoms with Crippen LogP contribution in [0.5, 0.6) is 0 Å². The molecular weight excluding hydrogens is 550 g/mol. The van der Waals surface area contributed by atoms with E-state index < -0.39 is 17.6 Å². The van der Waals surface area contributed by atoms with E-state index in [0.717, 1.165) is 34.5 Å². The molecule has 0 bridgehead atoms. The van der Waals surface area contributed by atoms with Crippen LogP contribution >= 0.6 is 0 Å². The molecule has 0 aliphatic carbocycles. The van der Waals surface area contributed by atoms with Crippen LogP contribution in [0.25, 0.3) is 11.6 Å². The first-order chi connectivity index (χ1) is 20.1. The number of carbonyl (C=O) groups is 1. The Kier molecular flexibility index (Phi) is 6.68. The molecule has 212 valence electrons. The van der Waals surface area contributed by atoms with E-state index in [1.54, 1.807) is 37.4 Å². The van der Waals surface area contributed by atoms with Crippen LogP contribution in [-0.4, -0.2) is 39.8 Å². The van der Waals surface area contributed by atoms with Crippen molar-refractivity contribution in [3.63, 3.8) is 0 Å². The van der Waals surface area contributed by atoms with Gasteiger partial charge in [0.25, 0.3) is 5.91 Å². The van der Waals surface area contributed by atoms with Crippen molar-refractivity contribution in [3.8, 4) is 0 Å². The number of carbonyl (C=O) groups excluding carboxylic acids is 1. The van der Waals surface area contributed by atoms with Gasteiger partial charge in [-0.3, -0.25) is 14.8 Å². The van der Waals surface area contributed by atoms with Crippen LogP contribution in [0.4, 0.5) is 40.7 Å². The van der Waals surface area contributed by atoms with Crippen LogP contribution in [-0.2, 0) is 6.18 Å². The number of hydrogen-bond donors (Lipinski definition) is 2. The van der Waals surface area contributed by atoms with Gasteiger partial charge >= 0.3 is 6.18 Å². The highest BCUT2D eigenvalue weighted by atomic mass is 19.4. The number of fused-ring (bicyclic) bond motifs is 3. The number of pyridine rings is 1. The number of amides is 1. The number of benzene rings is 2. The zero-order valence-corrected chi connectivity index (χ0v) is 22.4. The van der Waals surface area contributed by atoms with Crippen molar-refractivity contribution in [2.24, 2.45) is 4.99 Å². The van der Waals surface area contributed by atoms with Gasteiger partial charge in [0.15, 0.2) is 0 Å². The molecule has 2 aromatic carbocycles. The number of hydrogen-bond acceptors (Lipinski definition) is 7. The Morgan fingerprint density at radius 3 is 2.55 bits per heavy atom. The van der Waals surface area contributed by atoms with Crippen molar-refractivity contribution in [2.45, 2.75) is 20.0 Å². The summed E-state index contributed by atoms with van der Waals surface area (Å²) in [6.07, 6.45) is -0.0541. The molecule has 2 N–H and O–H groups in total. The van der Waals surface area contributed by atoms with E-state index in [-0.39, 0.29) is 11.5 Å². The zero-order chi connectivity index (χ0) is 29.6. The summed E-state index contributed by atoms with van der Waals surface area (Å²) in [5.41, 5.74) is 3.35. The highest BCUT2D eigenvalue weighted by Gasteiger charge is 2.32. The number of halogens is 4. The van der Waals surface area contributed by atoms with Gasteiger partial charge in [0, 0.05) is 41.4 Å². The first-order valence-corrected chi connectivity index (χ1v) is 13.0. The molecule has 0 saturated heterocycles. The molecule has 0 saturated carbocycles. The van der Waals surface area contributed by atoms with Gasteiger partial charge in [0.1, 0.15) is 23.2 Å². The average Bonchev–Trinajstić information content (AvgIpc) is 3.46. The minimum atomic E-state index is -4.59. The third-order valence-electron chi connectivity index (χ3n) is 6.97. The lowest BCUT2D eigenvalue weighted by Crippen LogP contribution is -2.32. The Bertz CT molecular complexity index is 1800. The van der Waals surface area contributed by atoms with E-state index in [9.17, 15) is 22.4 Å². The minimum absolute atomic E-state index is 0.309. The predicted octanol–water partition coefficient (Wildman–Crippen LogP) is 6.41. The number of nitrogens with one attached hydrogen (secondary N) is 2. The molecule has 12 heteroatoms. The maximum absolute atomic E-state index is 14.0. The summed E-state index contributed by atoms with van der Waals surface area (Å²) < 4.78 is 53.4. The van der Waals surface area contributed by atoms with Gasteiger partial charge in [-0.25, -0.2) is 9.37 Å². The lowest BCUT2D eigenvalue weighted by atomic mass is 9.94. The molecule has 1 amide bonds. The van der Waals surface area contributed by atoms with Crippen molar-refractivity contribution in [1.82, 2.24) is 15.0 Å². The molecule has 4 heterocycles. The summed E-state index contributed by atoms with van der Waals surface area (Å²) in [6, 6.07) is 11.6. The van der Waals surface area contributed by atoms with Crippen molar-refractivity contribution >= 4 is 46.5 Å². The largest absolute Gasteiger partial charge is 0.416 e. The molecule has 2 aromatic heterocycles. The topological polar surface area (TPSA) is 95.4 Å². The summed E-state index contributed by atoms with van der Waals surface area (Å²) >= 11 is 0. The molecule has 2 aliphatic heterocycles. The minimum Gasteiger partial charge on any atom is -0.324 e. The quantitative estimate of drug-likeness (QED) is 0.268. The third kappa shape index (κ3) is 5.18. The van der Waals surface area contributed by atoms with Crippen LogP contribution in [0.1, 0.15) is 38.3 Å². The summed E-state index contributed by atoms with van der Waals surface area (Å²) in [5, 5.41) is 5.70. The summed E-state index contributed by atoms with van der Waals surface area (Å²) in [4.78, 5) is 32.4. The lowest BCUT2D eigenvalue weighted by molar-refractivity contribution is -0.137. The van der Waals surface area contributed by atoms with Crippen molar-refractivity contribution in [2.75, 3.05) is 28.6 Å². The molecule has 0 spiro atoms. The zero-order valence-electron chi connectivity index (χ0n) is 22.4. The highest BCUT2D eigenvalue weighted by molar-refractivity contribution is 6.36. The number of anilines is 4. The number of amidine groups is 1. The second-order valence-corrected chi connectivity index (χ2v) is 9.89. The third-order valence-corrected chi connectivity index (χ3v) is 6.97. The number of aliphatic imine (C=N–C) groups is 1. The van der Waals surface area contributed by atoms with Gasteiger partial charge in [-0.2, -0.15) is 18.2 Å². The Hall–Kier alpha value is -5.13.